The molecule has 0 atom stereocenters. The molecule has 0 spiro atoms. The van der Waals surface area contributed by atoms with E-state index in [1.54, 1.807) is 4.52 Å². The van der Waals surface area contributed by atoms with E-state index in [1.807, 2.05) is 37.4 Å². The van der Waals surface area contributed by atoms with Crippen LogP contribution in [0.2, 0.25) is 0 Å². The third-order valence-electron chi connectivity index (χ3n) is 4.50. The molecule has 0 aliphatic rings. The van der Waals surface area contributed by atoms with Gasteiger partial charge in [0, 0.05) is 34.8 Å². The second-order valence-electron chi connectivity index (χ2n) is 5.97. The number of anilines is 1. The normalized spacial score (nSPS) is 11.2. The van der Waals surface area contributed by atoms with Gasteiger partial charge in [-0.05, 0) is 31.0 Å². The molecular formula is C19H17N5O. The molecule has 4 rings (SSSR count). The van der Waals surface area contributed by atoms with Crippen LogP contribution in [0.15, 0.2) is 42.9 Å². The van der Waals surface area contributed by atoms with Crippen molar-refractivity contribution >= 4 is 28.5 Å². The third kappa shape index (κ3) is 2.42. The van der Waals surface area contributed by atoms with Crippen LogP contribution in [-0.4, -0.2) is 25.9 Å². The van der Waals surface area contributed by atoms with E-state index in [2.05, 4.69) is 21.1 Å². The Bertz CT molecular complexity index is 1100. The first kappa shape index (κ1) is 15.3. The molecule has 0 bridgehead atoms. The number of aldehydes is 1. The van der Waals surface area contributed by atoms with Crippen molar-refractivity contribution in [2.75, 3.05) is 5.73 Å². The van der Waals surface area contributed by atoms with E-state index in [4.69, 9.17) is 5.73 Å². The summed E-state index contributed by atoms with van der Waals surface area (Å²) in [6.07, 6.45) is 5.25. The van der Waals surface area contributed by atoms with Crippen molar-refractivity contribution in [3.05, 3.63) is 54.1 Å². The summed E-state index contributed by atoms with van der Waals surface area (Å²) in [6, 6.07) is 10.1. The van der Waals surface area contributed by atoms with Crippen LogP contribution in [0.25, 0.3) is 27.5 Å². The maximum Gasteiger partial charge on any atom is 0.151 e. The van der Waals surface area contributed by atoms with Crippen LogP contribution in [0.3, 0.4) is 0 Å². The monoisotopic (exact) mass is 331 g/mol. The average molecular weight is 331 g/mol. The Balaban J connectivity index is 2.02. The molecule has 0 saturated carbocycles. The fourth-order valence-corrected chi connectivity index (χ4v) is 3.34. The number of para-hydroxylation sites is 1. The highest BCUT2D eigenvalue weighted by Crippen LogP contribution is 2.35. The van der Waals surface area contributed by atoms with Gasteiger partial charge >= 0.3 is 0 Å². The molecule has 124 valence electrons. The maximum atomic E-state index is 10.8. The first-order valence-corrected chi connectivity index (χ1v) is 8.10. The molecular weight excluding hydrogens is 314 g/mol. The van der Waals surface area contributed by atoms with Crippen LogP contribution in [0.4, 0.5) is 5.82 Å². The Morgan fingerprint density at radius 2 is 2.08 bits per heavy atom. The largest absolute Gasteiger partial charge is 0.382 e. The minimum Gasteiger partial charge on any atom is -0.382 e. The van der Waals surface area contributed by atoms with Gasteiger partial charge in [0.15, 0.2) is 5.82 Å². The number of nitrogens with zero attached hydrogens (tertiary/aromatic N) is 4. The lowest BCUT2D eigenvalue weighted by atomic mass is 10.0. The van der Waals surface area contributed by atoms with Crippen molar-refractivity contribution in [2.45, 2.75) is 19.8 Å². The minimum absolute atomic E-state index is 0.415. The number of aryl methyl sites for hydroxylation is 1. The van der Waals surface area contributed by atoms with Gasteiger partial charge in [0.05, 0.1) is 5.52 Å². The predicted molar refractivity (Wildman–Crippen MR) is 97.3 cm³/mol. The summed E-state index contributed by atoms with van der Waals surface area (Å²) < 4.78 is 1.80. The van der Waals surface area contributed by atoms with Crippen molar-refractivity contribution < 1.29 is 4.79 Å². The van der Waals surface area contributed by atoms with Gasteiger partial charge in [-0.3, -0.25) is 4.98 Å². The van der Waals surface area contributed by atoms with Gasteiger partial charge in [0.1, 0.15) is 18.1 Å². The standard InChI is InChI=1S/C19H17N5O/c1-12-16(7-4-8-25)24-18(19(20)22-11-23-24)17(12)14-9-13-5-2-3-6-15(13)21-10-14/h2-3,5-6,8-11H,4,7H2,1H3,(H2,20,22,23). The van der Waals surface area contributed by atoms with Crippen LogP contribution in [0, 0.1) is 6.92 Å². The van der Waals surface area contributed by atoms with Gasteiger partial charge in [-0.15, -0.1) is 0 Å². The molecule has 3 aromatic heterocycles. The zero-order valence-electron chi connectivity index (χ0n) is 13.8. The number of fused-ring (bicyclic) bond motifs is 2. The van der Waals surface area contributed by atoms with Crippen LogP contribution in [0.1, 0.15) is 17.7 Å². The molecule has 0 unspecified atom stereocenters. The zero-order valence-corrected chi connectivity index (χ0v) is 13.8. The predicted octanol–water partition coefficient (Wildman–Crippen LogP) is 2.97. The van der Waals surface area contributed by atoms with Crippen molar-refractivity contribution in [1.29, 1.82) is 0 Å². The zero-order chi connectivity index (χ0) is 17.4. The van der Waals surface area contributed by atoms with E-state index >= 15 is 0 Å². The Labute approximate surface area is 144 Å². The smallest absolute Gasteiger partial charge is 0.151 e. The van der Waals surface area contributed by atoms with Gasteiger partial charge in [0.25, 0.3) is 0 Å². The Morgan fingerprint density at radius 3 is 2.92 bits per heavy atom. The number of nitrogen functional groups attached to an aromatic ring is 1. The Hall–Kier alpha value is -3.28. The number of benzene rings is 1. The van der Waals surface area contributed by atoms with Gasteiger partial charge in [-0.2, -0.15) is 5.10 Å². The highest BCUT2D eigenvalue weighted by Gasteiger charge is 2.20. The van der Waals surface area contributed by atoms with E-state index in [1.165, 1.54) is 6.33 Å². The molecule has 0 fully saturated rings. The molecule has 0 saturated heterocycles. The number of hydrogen-bond acceptors (Lipinski definition) is 5. The molecule has 0 aliphatic heterocycles. The second-order valence-corrected chi connectivity index (χ2v) is 5.97. The molecule has 25 heavy (non-hydrogen) atoms. The lowest BCUT2D eigenvalue weighted by Gasteiger charge is -2.05. The minimum atomic E-state index is 0.415. The van der Waals surface area contributed by atoms with Crippen LogP contribution in [0.5, 0.6) is 0 Å². The van der Waals surface area contributed by atoms with Crippen LogP contribution < -0.4 is 5.73 Å². The highest BCUT2D eigenvalue weighted by molar-refractivity contribution is 5.94. The molecule has 2 N–H and O–H groups in total. The first-order valence-electron chi connectivity index (χ1n) is 8.10. The SMILES string of the molecule is Cc1c(-c2cnc3ccccc3c2)c2c(N)ncnn2c1CCC=O. The number of pyridine rings is 1. The molecule has 0 aliphatic carbocycles. The second kappa shape index (κ2) is 5.98. The summed E-state index contributed by atoms with van der Waals surface area (Å²) in [5.74, 6) is 0.415. The molecule has 0 radical (unpaired) electrons. The van der Waals surface area contributed by atoms with E-state index in [0.29, 0.717) is 18.7 Å². The quantitative estimate of drug-likeness (QED) is 0.581. The van der Waals surface area contributed by atoms with Crippen molar-refractivity contribution in [2.24, 2.45) is 0 Å². The highest BCUT2D eigenvalue weighted by atomic mass is 16.1. The van der Waals surface area contributed by atoms with E-state index < -0.39 is 0 Å². The van der Waals surface area contributed by atoms with Crippen molar-refractivity contribution in [1.82, 2.24) is 19.6 Å². The number of aromatic nitrogens is 4. The third-order valence-corrected chi connectivity index (χ3v) is 4.50. The van der Waals surface area contributed by atoms with Crippen LogP contribution in [-0.2, 0) is 11.2 Å². The summed E-state index contributed by atoms with van der Waals surface area (Å²) >= 11 is 0. The summed E-state index contributed by atoms with van der Waals surface area (Å²) in [4.78, 5) is 19.5. The fourth-order valence-electron chi connectivity index (χ4n) is 3.34. The molecule has 6 nitrogen and oxygen atoms in total. The van der Waals surface area contributed by atoms with Gasteiger partial charge in [-0.1, -0.05) is 18.2 Å². The van der Waals surface area contributed by atoms with E-state index in [9.17, 15) is 4.79 Å². The van der Waals surface area contributed by atoms with Gasteiger partial charge in [-0.25, -0.2) is 9.50 Å². The molecule has 0 amide bonds. The number of rotatable bonds is 4. The maximum absolute atomic E-state index is 10.8. The van der Waals surface area contributed by atoms with E-state index in [0.717, 1.165) is 45.1 Å². The molecule has 6 heteroatoms. The number of nitrogens with two attached hydrogens (primary N) is 1. The van der Waals surface area contributed by atoms with E-state index in [-0.39, 0.29) is 0 Å². The molecule has 1 aromatic carbocycles. The summed E-state index contributed by atoms with van der Waals surface area (Å²) in [7, 11) is 0. The summed E-state index contributed by atoms with van der Waals surface area (Å²) in [5.41, 5.74) is 11.8. The lowest BCUT2D eigenvalue weighted by Crippen LogP contribution is -2.03. The number of hydrogen-bond donors (Lipinski definition) is 1. The topological polar surface area (TPSA) is 86.2 Å². The Morgan fingerprint density at radius 1 is 1.24 bits per heavy atom. The summed E-state index contributed by atoms with van der Waals surface area (Å²) in [5, 5.41) is 5.41. The number of carbonyl (C=O) groups is 1. The van der Waals surface area contributed by atoms with Crippen LogP contribution >= 0.6 is 0 Å². The summed E-state index contributed by atoms with van der Waals surface area (Å²) in [6.45, 7) is 2.03. The average Bonchev–Trinajstić information content (AvgIpc) is 2.92. The first-order chi connectivity index (χ1) is 12.2. The lowest BCUT2D eigenvalue weighted by molar-refractivity contribution is -0.107. The Kier molecular flexibility index (Phi) is 3.65. The molecule has 4 aromatic rings. The van der Waals surface area contributed by atoms with Gasteiger partial charge in [0.2, 0.25) is 0 Å². The number of carbonyl (C=O) groups excluding carboxylic acids is 1. The van der Waals surface area contributed by atoms with Crippen molar-refractivity contribution in [3.63, 3.8) is 0 Å². The molecule has 3 heterocycles. The van der Waals surface area contributed by atoms with Crippen molar-refractivity contribution in [3.8, 4) is 11.1 Å². The fraction of sp³-hybridized carbons (Fsp3) is 0.158. The van der Waals surface area contributed by atoms with Gasteiger partial charge < -0.3 is 10.5 Å².